The molecule has 1 aromatic heterocycles. The van der Waals surface area contributed by atoms with Gasteiger partial charge in [0.25, 0.3) is 0 Å². The number of carbonyl (C=O) groups excluding carboxylic acids is 1. The molecule has 3 atom stereocenters. The average molecular weight is 385 g/mol. The van der Waals surface area contributed by atoms with E-state index in [0.29, 0.717) is 24.1 Å². The molecule has 0 radical (unpaired) electrons. The number of primary amides is 1. The molecule has 1 unspecified atom stereocenters. The molecule has 1 aliphatic heterocycles. The van der Waals surface area contributed by atoms with Crippen molar-refractivity contribution in [2.75, 3.05) is 13.6 Å². The molecule has 4 rings (SSSR count). The molecule has 1 fully saturated rings. The summed E-state index contributed by atoms with van der Waals surface area (Å²) >= 11 is 0. The third-order valence-electron chi connectivity index (χ3n) is 5.50. The predicted molar refractivity (Wildman–Crippen MR) is 103 cm³/mol. The fourth-order valence-electron chi connectivity index (χ4n) is 4.29. The van der Waals surface area contributed by atoms with Gasteiger partial charge in [0.05, 0.1) is 5.92 Å². The SMILES string of the molecule is CN1CC(C(N)=O)C[C@@H]2c3cccc4[nH]cc(c34)C[C@H]21.O=C(O)C=CC(=O)O. The molecule has 1 aliphatic carbocycles. The zero-order chi connectivity index (χ0) is 20.4. The Bertz CT molecular complexity index is 932. The van der Waals surface area contributed by atoms with Gasteiger partial charge in [-0.25, -0.2) is 9.59 Å². The number of piperidine rings is 1. The van der Waals surface area contributed by atoms with Crippen molar-refractivity contribution in [1.82, 2.24) is 9.88 Å². The lowest BCUT2D eigenvalue weighted by molar-refractivity contribution is -0.134. The number of carboxylic acids is 2. The van der Waals surface area contributed by atoms with E-state index < -0.39 is 11.9 Å². The molecule has 8 heteroatoms. The van der Waals surface area contributed by atoms with Crippen LogP contribution in [0.3, 0.4) is 0 Å². The quantitative estimate of drug-likeness (QED) is 0.588. The number of nitrogens with zero attached hydrogens (tertiary/aromatic N) is 1. The highest BCUT2D eigenvalue weighted by Crippen LogP contribution is 2.44. The van der Waals surface area contributed by atoms with Gasteiger partial charge in [-0.2, -0.15) is 0 Å². The Labute approximate surface area is 161 Å². The van der Waals surface area contributed by atoms with E-state index in [1.54, 1.807) is 0 Å². The molecule has 0 spiro atoms. The topological polar surface area (TPSA) is 137 Å². The second kappa shape index (κ2) is 7.85. The third kappa shape index (κ3) is 3.91. The molecule has 28 heavy (non-hydrogen) atoms. The Hall–Kier alpha value is -3.13. The van der Waals surface area contributed by atoms with Crippen molar-refractivity contribution in [3.05, 3.63) is 47.7 Å². The number of H-pyrrole nitrogens is 1. The number of carboxylic acid groups (broad SMARTS) is 2. The summed E-state index contributed by atoms with van der Waals surface area (Å²) in [6, 6.07) is 6.93. The van der Waals surface area contributed by atoms with Crippen LogP contribution in [0.2, 0.25) is 0 Å². The van der Waals surface area contributed by atoms with E-state index in [1.807, 2.05) is 0 Å². The smallest absolute Gasteiger partial charge is 0.328 e. The summed E-state index contributed by atoms with van der Waals surface area (Å²) in [4.78, 5) is 36.4. The van der Waals surface area contributed by atoms with Crippen LogP contribution in [0, 0.1) is 5.92 Å². The lowest BCUT2D eigenvalue weighted by Gasteiger charge is -2.44. The lowest BCUT2D eigenvalue weighted by Crippen LogP contribution is -2.50. The summed E-state index contributed by atoms with van der Waals surface area (Å²) in [5, 5.41) is 17.0. The first-order valence-electron chi connectivity index (χ1n) is 9.00. The van der Waals surface area contributed by atoms with Crippen molar-refractivity contribution in [1.29, 1.82) is 0 Å². The summed E-state index contributed by atoms with van der Waals surface area (Å²) in [5.41, 5.74) is 9.55. The maximum atomic E-state index is 11.6. The fourth-order valence-corrected chi connectivity index (χ4v) is 4.29. The number of likely N-dealkylation sites (N-methyl/N-ethyl adjacent to an activating group) is 1. The molecule has 0 bridgehead atoms. The van der Waals surface area contributed by atoms with Gasteiger partial charge in [-0.05, 0) is 37.1 Å². The summed E-state index contributed by atoms with van der Waals surface area (Å²) < 4.78 is 0. The van der Waals surface area contributed by atoms with Crippen molar-refractivity contribution in [3.8, 4) is 0 Å². The molecule has 8 nitrogen and oxygen atoms in total. The van der Waals surface area contributed by atoms with Gasteiger partial charge in [-0.3, -0.25) is 4.79 Å². The lowest BCUT2D eigenvalue weighted by atomic mass is 9.72. The molecule has 1 amide bonds. The average Bonchev–Trinajstić information content (AvgIpc) is 3.06. The number of fused-ring (bicyclic) bond motifs is 2. The van der Waals surface area contributed by atoms with E-state index in [0.717, 1.165) is 19.4 Å². The van der Waals surface area contributed by atoms with E-state index in [1.165, 1.54) is 22.0 Å². The second-order valence-electron chi connectivity index (χ2n) is 7.25. The van der Waals surface area contributed by atoms with Crippen LogP contribution in [0.4, 0.5) is 0 Å². The highest BCUT2D eigenvalue weighted by atomic mass is 16.4. The van der Waals surface area contributed by atoms with Gasteiger partial charge in [0, 0.05) is 47.8 Å². The number of aromatic nitrogens is 1. The van der Waals surface area contributed by atoms with Crippen LogP contribution < -0.4 is 5.73 Å². The summed E-state index contributed by atoms with van der Waals surface area (Å²) in [7, 11) is 2.12. The second-order valence-corrected chi connectivity index (χ2v) is 7.25. The van der Waals surface area contributed by atoms with Crippen molar-refractivity contribution < 1.29 is 24.6 Å². The van der Waals surface area contributed by atoms with Crippen LogP contribution in [0.15, 0.2) is 36.5 Å². The van der Waals surface area contributed by atoms with Crippen LogP contribution >= 0.6 is 0 Å². The van der Waals surface area contributed by atoms with Gasteiger partial charge in [0.2, 0.25) is 5.91 Å². The zero-order valence-electron chi connectivity index (χ0n) is 15.5. The van der Waals surface area contributed by atoms with Crippen LogP contribution in [0.1, 0.15) is 23.5 Å². The van der Waals surface area contributed by atoms with Gasteiger partial charge >= 0.3 is 11.9 Å². The number of benzene rings is 1. The van der Waals surface area contributed by atoms with Crippen molar-refractivity contribution in [2.24, 2.45) is 11.7 Å². The van der Waals surface area contributed by atoms with Gasteiger partial charge in [-0.15, -0.1) is 0 Å². The molecule has 5 N–H and O–H groups in total. The predicted octanol–water partition coefficient (Wildman–Crippen LogP) is 1.32. The molecule has 148 valence electrons. The van der Waals surface area contributed by atoms with Crippen LogP contribution in [-0.2, 0) is 20.8 Å². The molecular weight excluding hydrogens is 362 g/mol. The van der Waals surface area contributed by atoms with E-state index in [2.05, 4.69) is 41.3 Å². The Morgan fingerprint density at radius 1 is 1.21 bits per heavy atom. The molecule has 2 heterocycles. The maximum absolute atomic E-state index is 11.6. The standard InChI is InChI=1S/C16H19N3O.C4H4O4/c1-19-8-10(16(17)20)5-12-11-3-2-4-13-15(11)9(7-18-13)6-14(12)19;5-3(6)1-2-4(7)8/h2-4,7,10,12,14,18H,5-6,8H2,1H3,(H2,17,20);1-2H,(H,5,6)(H,7,8)/t10?,12-,14-;/m1./s1. The summed E-state index contributed by atoms with van der Waals surface area (Å²) in [5.74, 6) is -2.29. The van der Waals surface area contributed by atoms with Gasteiger partial charge in [0.1, 0.15) is 0 Å². The number of nitrogens with one attached hydrogen (secondary N) is 1. The number of amides is 1. The van der Waals surface area contributed by atoms with Crippen molar-refractivity contribution in [3.63, 3.8) is 0 Å². The number of hydrogen-bond acceptors (Lipinski definition) is 4. The zero-order valence-corrected chi connectivity index (χ0v) is 15.5. The molecular formula is C20H23N3O5. The van der Waals surface area contributed by atoms with E-state index in [4.69, 9.17) is 15.9 Å². The van der Waals surface area contributed by atoms with Crippen LogP contribution in [0.5, 0.6) is 0 Å². The summed E-state index contributed by atoms with van der Waals surface area (Å²) in [6.45, 7) is 0.784. The molecule has 1 aromatic carbocycles. The number of nitrogens with two attached hydrogens (primary N) is 1. The number of hydrogen-bond donors (Lipinski definition) is 4. The van der Waals surface area contributed by atoms with Gasteiger partial charge in [-0.1, -0.05) is 12.1 Å². The van der Waals surface area contributed by atoms with E-state index >= 15 is 0 Å². The first-order valence-corrected chi connectivity index (χ1v) is 9.00. The fraction of sp³-hybridized carbons (Fsp3) is 0.350. The molecule has 2 aliphatic rings. The number of likely N-dealkylation sites (tertiary alicyclic amines) is 1. The van der Waals surface area contributed by atoms with Gasteiger partial charge in [0.15, 0.2) is 0 Å². The number of rotatable bonds is 3. The highest BCUT2D eigenvalue weighted by molar-refractivity contribution is 5.90. The Kier molecular flexibility index (Phi) is 5.51. The monoisotopic (exact) mass is 385 g/mol. The minimum atomic E-state index is -1.26. The minimum absolute atomic E-state index is 0.0306. The highest BCUT2D eigenvalue weighted by Gasteiger charge is 2.40. The first-order chi connectivity index (χ1) is 13.3. The summed E-state index contributed by atoms with van der Waals surface area (Å²) in [6.07, 6.45) is 5.20. The Morgan fingerprint density at radius 2 is 1.89 bits per heavy atom. The van der Waals surface area contributed by atoms with Gasteiger partial charge < -0.3 is 25.8 Å². The largest absolute Gasteiger partial charge is 0.478 e. The number of aromatic amines is 1. The Balaban J connectivity index is 0.000000242. The first kappa shape index (κ1) is 19.6. The normalized spacial score (nSPS) is 23.7. The van der Waals surface area contributed by atoms with Crippen LogP contribution in [0.25, 0.3) is 10.9 Å². The Morgan fingerprint density at radius 3 is 2.50 bits per heavy atom. The van der Waals surface area contributed by atoms with E-state index in [9.17, 15) is 14.4 Å². The van der Waals surface area contributed by atoms with Crippen LogP contribution in [-0.4, -0.2) is 57.6 Å². The maximum Gasteiger partial charge on any atom is 0.328 e. The molecule has 2 aromatic rings. The number of carbonyl (C=O) groups is 3. The minimum Gasteiger partial charge on any atom is -0.478 e. The van der Waals surface area contributed by atoms with Crippen molar-refractivity contribution in [2.45, 2.75) is 24.8 Å². The van der Waals surface area contributed by atoms with E-state index in [-0.39, 0.29) is 11.8 Å². The molecule has 1 saturated heterocycles. The number of aliphatic carboxylic acids is 2. The third-order valence-corrected chi connectivity index (χ3v) is 5.50. The van der Waals surface area contributed by atoms with Crippen molar-refractivity contribution >= 4 is 28.7 Å². The molecule has 0 saturated carbocycles.